The number of ether oxygens (including phenoxy) is 1. The second-order valence-electron chi connectivity index (χ2n) is 6.94. The number of aryl methyl sites for hydroxylation is 1. The van der Waals surface area contributed by atoms with Gasteiger partial charge in [0.25, 0.3) is 0 Å². The average Bonchev–Trinajstić information content (AvgIpc) is 3.36. The van der Waals surface area contributed by atoms with E-state index in [0.29, 0.717) is 22.7 Å². The molecule has 0 bridgehead atoms. The highest BCUT2D eigenvalue weighted by Gasteiger charge is 2.31. The van der Waals surface area contributed by atoms with E-state index in [4.69, 9.17) is 4.74 Å². The van der Waals surface area contributed by atoms with E-state index in [2.05, 4.69) is 4.57 Å². The highest BCUT2D eigenvalue weighted by molar-refractivity contribution is 6.07. The third-order valence-electron chi connectivity index (χ3n) is 5.20. The molecule has 1 heterocycles. The van der Waals surface area contributed by atoms with Crippen LogP contribution in [0, 0.1) is 13.8 Å². The monoisotopic (exact) mass is 351 g/mol. The lowest BCUT2D eigenvalue weighted by atomic mass is 9.97. The lowest BCUT2D eigenvalue weighted by Gasteiger charge is -2.13. The number of carboxylic acid groups (broad SMARTS) is 1. The van der Waals surface area contributed by atoms with E-state index in [1.165, 1.54) is 0 Å². The van der Waals surface area contributed by atoms with Gasteiger partial charge in [0.2, 0.25) is 0 Å². The molecule has 26 heavy (non-hydrogen) atoms. The Kier molecular flexibility index (Phi) is 3.68. The molecule has 1 saturated carbocycles. The third-order valence-corrected chi connectivity index (χ3v) is 5.20. The zero-order valence-corrected chi connectivity index (χ0v) is 15.0. The summed E-state index contributed by atoms with van der Waals surface area (Å²) in [5.41, 5.74) is 4.84. The normalized spacial score (nSPS) is 14.0. The standard InChI is InChI=1S/C21H21NO4/c1-11-8-14(23)6-7-15(11)16-9-18-17(10-19(16)26-3)20(21(24)25)12(2)22(18)13-4-5-13/h6-10,13,23H,4-5H2,1-3H3,(H,24,25). The van der Waals surface area contributed by atoms with Crippen molar-refractivity contribution in [1.29, 1.82) is 0 Å². The smallest absolute Gasteiger partial charge is 0.338 e. The van der Waals surface area contributed by atoms with Gasteiger partial charge >= 0.3 is 5.97 Å². The number of phenolic OH excluding ortho intramolecular Hbond substituents is 1. The van der Waals surface area contributed by atoms with Gasteiger partial charge in [-0.15, -0.1) is 0 Å². The summed E-state index contributed by atoms with van der Waals surface area (Å²) in [4.78, 5) is 11.9. The van der Waals surface area contributed by atoms with Crippen LogP contribution in [0.3, 0.4) is 0 Å². The minimum absolute atomic E-state index is 0.219. The van der Waals surface area contributed by atoms with E-state index in [9.17, 15) is 15.0 Å². The van der Waals surface area contributed by atoms with Crippen LogP contribution in [0.4, 0.5) is 0 Å². The lowest BCUT2D eigenvalue weighted by molar-refractivity contribution is 0.0698. The SMILES string of the molecule is COc1cc2c(C(=O)O)c(C)n(C3CC3)c2cc1-c1ccc(O)cc1C. The van der Waals surface area contributed by atoms with Crippen LogP contribution >= 0.6 is 0 Å². The van der Waals surface area contributed by atoms with Crippen LogP contribution in [-0.2, 0) is 0 Å². The lowest BCUT2D eigenvalue weighted by Crippen LogP contribution is -2.01. The highest BCUT2D eigenvalue weighted by atomic mass is 16.5. The Hall–Kier alpha value is -2.95. The summed E-state index contributed by atoms with van der Waals surface area (Å²) in [6.07, 6.45) is 2.15. The second-order valence-corrected chi connectivity index (χ2v) is 6.94. The van der Waals surface area contributed by atoms with Gasteiger partial charge in [-0.2, -0.15) is 0 Å². The molecular formula is C21H21NO4. The summed E-state index contributed by atoms with van der Waals surface area (Å²) in [6, 6.07) is 9.45. The minimum Gasteiger partial charge on any atom is -0.508 e. The van der Waals surface area contributed by atoms with Crippen molar-refractivity contribution >= 4 is 16.9 Å². The summed E-state index contributed by atoms with van der Waals surface area (Å²) >= 11 is 0. The first-order valence-corrected chi connectivity index (χ1v) is 8.68. The van der Waals surface area contributed by atoms with Crippen molar-refractivity contribution in [1.82, 2.24) is 4.57 Å². The van der Waals surface area contributed by atoms with Crippen LogP contribution in [0.1, 0.15) is 40.5 Å². The fraction of sp³-hybridized carbons (Fsp3) is 0.286. The Bertz CT molecular complexity index is 1040. The van der Waals surface area contributed by atoms with Crippen molar-refractivity contribution < 1.29 is 19.7 Å². The molecule has 134 valence electrons. The number of fused-ring (bicyclic) bond motifs is 1. The average molecular weight is 351 g/mol. The molecule has 0 atom stereocenters. The molecule has 4 rings (SSSR count). The number of phenols is 1. The second kappa shape index (κ2) is 5.80. The van der Waals surface area contributed by atoms with Crippen molar-refractivity contribution in [2.24, 2.45) is 0 Å². The van der Waals surface area contributed by atoms with Crippen LogP contribution in [0.2, 0.25) is 0 Å². The van der Waals surface area contributed by atoms with E-state index in [-0.39, 0.29) is 5.75 Å². The Balaban J connectivity index is 2.06. The van der Waals surface area contributed by atoms with Gasteiger partial charge in [-0.05, 0) is 62.1 Å². The van der Waals surface area contributed by atoms with E-state index < -0.39 is 5.97 Å². The van der Waals surface area contributed by atoms with Crippen molar-refractivity contribution in [3.63, 3.8) is 0 Å². The van der Waals surface area contributed by atoms with Gasteiger partial charge in [-0.3, -0.25) is 0 Å². The summed E-state index contributed by atoms with van der Waals surface area (Å²) < 4.78 is 7.74. The maximum Gasteiger partial charge on any atom is 0.338 e. The highest BCUT2D eigenvalue weighted by Crippen LogP contribution is 2.44. The van der Waals surface area contributed by atoms with Gasteiger partial charge in [0.1, 0.15) is 11.5 Å². The molecule has 5 nitrogen and oxygen atoms in total. The van der Waals surface area contributed by atoms with Gasteiger partial charge in [0.15, 0.2) is 0 Å². The summed E-state index contributed by atoms with van der Waals surface area (Å²) in [5, 5.41) is 20.1. The molecule has 0 saturated heterocycles. The molecule has 5 heteroatoms. The summed E-state index contributed by atoms with van der Waals surface area (Å²) in [7, 11) is 1.59. The van der Waals surface area contributed by atoms with Gasteiger partial charge in [0, 0.05) is 22.7 Å². The number of hydrogen-bond acceptors (Lipinski definition) is 3. The van der Waals surface area contributed by atoms with Crippen LogP contribution in [-0.4, -0.2) is 27.9 Å². The number of methoxy groups -OCH3 is 1. The first kappa shape index (κ1) is 16.5. The zero-order chi connectivity index (χ0) is 18.6. The number of carbonyl (C=O) groups is 1. The molecule has 3 aromatic rings. The Labute approximate surface area is 151 Å². The number of rotatable bonds is 4. The third kappa shape index (κ3) is 2.43. The molecular weight excluding hydrogens is 330 g/mol. The molecule has 2 aromatic carbocycles. The van der Waals surface area contributed by atoms with Crippen molar-refractivity contribution in [3.8, 4) is 22.6 Å². The molecule has 1 aliphatic rings. The summed E-state index contributed by atoms with van der Waals surface area (Å²) in [6.45, 7) is 3.81. The van der Waals surface area contributed by atoms with E-state index in [0.717, 1.165) is 40.7 Å². The Morgan fingerprint density at radius 1 is 1.15 bits per heavy atom. The minimum atomic E-state index is -0.914. The predicted octanol–water partition coefficient (Wildman–Crippen LogP) is 4.67. The molecule has 0 radical (unpaired) electrons. The maximum absolute atomic E-state index is 11.9. The number of hydrogen-bond donors (Lipinski definition) is 2. The molecule has 0 aliphatic heterocycles. The molecule has 0 unspecified atom stereocenters. The summed E-state index contributed by atoms with van der Waals surface area (Å²) in [5.74, 6) is -0.0686. The number of aromatic nitrogens is 1. The van der Waals surface area contributed by atoms with E-state index in [1.807, 2.05) is 32.0 Å². The molecule has 0 amide bonds. The van der Waals surface area contributed by atoms with Crippen LogP contribution in [0.15, 0.2) is 30.3 Å². The first-order valence-electron chi connectivity index (χ1n) is 8.68. The van der Waals surface area contributed by atoms with Gasteiger partial charge < -0.3 is 19.5 Å². The van der Waals surface area contributed by atoms with Gasteiger partial charge in [-0.1, -0.05) is 6.07 Å². The van der Waals surface area contributed by atoms with E-state index >= 15 is 0 Å². The van der Waals surface area contributed by atoms with Crippen molar-refractivity contribution in [3.05, 3.63) is 47.2 Å². The molecule has 1 aliphatic carbocycles. The fourth-order valence-corrected chi connectivity index (χ4v) is 3.87. The van der Waals surface area contributed by atoms with Crippen LogP contribution in [0.25, 0.3) is 22.0 Å². The number of aromatic hydroxyl groups is 1. The maximum atomic E-state index is 11.9. The van der Waals surface area contributed by atoms with Crippen LogP contribution in [0.5, 0.6) is 11.5 Å². The molecule has 2 N–H and O–H groups in total. The molecule has 1 aromatic heterocycles. The first-order chi connectivity index (χ1) is 12.4. The Morgan fingerprint density at radius 2 is 1.88 bits per heavy atom. The number of benzene rings is 2. The molecule has 1 fully saturated rings. The predicted molar refractivity (Wildman–Crippen MR) is 100 cm³/mol. The van der Waals surface area contributed by atoms with Crippen LogP contribution < -0.4 is 4.74 Å². The number of aromatic carboxylic acids is 1. The van der Waals surface area contributed by atoms with Crippen molar-refractivity contribution in [2.75, 3.05) is 7.11 Å². The van der Waals surface area contributed by atoms with E-state index in [1.54, 1.807) is 19.2 Å². The number of carboxylic acids is 1. The zero-order valence-electron chi connectivity index (χ0n) is 15.0. The quantitative estimate of drug-likeness (QED) is 0.716. The molecule has 0 spiro atoms. The number of nitrogens with zero attached hydrogens (tertiary/aromatic N) is 1. The van der Waals surface area contributed by atoms with Gasteiger partial charge in [0.05, 0.1) is 18.2 Å². The Morgan fingerprint density at radius 3 is 2.46 bits per heavy atom. The van der Waals surface area contributed by atoms with Gasteiger partial charge in [-0.25, -0.2) is 4.79 Å². The van der Waals surface area contributed by atoms with Crippen molar-refractivity contribution in [2.45, 2.75) is 32.7 Å². The topological polar surface area (TPSA) is 71.7 Å². The fourth-order valence-electron chi connectivity index (χ4n) is 3.87. The largest absolute Gasteiger partial charge is 0.508 e.